The van der Waals surface area contributed by atoms with Gasteiger partial charge in [-0.05, 0) is 19.1 Å². The predicted molar refractivity (Wildman–Crippen MR) is 70.4 cm³/mol. The van der Waals surface area contributed by atoms with Gasteiger partial charge in [-0.15, -0.1) is 0 Å². The summed E-state index contributed by atoms with van der Waals surface area (Å²) in [6.45, 7) is 2.70. The number of aryl methyl sites for hydroxylation is 1. The van der Waals surface area contributed by atoms with E-state index in [9.17, 15) is 4.39 Å². The monoisotopic (exact) mass is 312 g/mol. The van der Waals surface area contributed by atoms with Crippen LogP contribution in [-0.2, 0) is 13.0 Å². The number of aromatic nitrogens is 3. The van der Waals surface area contributed by atoms with Gasteiger partial charge in [0.15, 0.2) is 0 Å². The maximum absolute atomic E-state index is 13.8. The van der Waals surface area contributed by atoms with E-state index in [1.807, 2.05) is 6.92 Å². The average molecular weight is 313 g/mol. The van der Waals surface area contributed by atoms with Crippen molar-refractivity contribution in [3.8, 4) is 0 Å². The number of benzene rings is 1. The first-order chi connectivity index (χ1) is 8.61. The van der Waals surface area contributed by atoms with E-state index in [1.165, 1.54) is 12.4 Å². The number of halogens is 2. The molecular weight excluding hydrogens is 299 g/mol. The van der Waals surface area contributed by atoms with E-state index >= 15 is 0 Å². The lowest BCUT2D eigenvalue weighted by molar-refractivity contribution is 0.550. The number of hydrogen-bond donors (Lipinski definition) is 1. The fraction of sp³-hybridized carbons (Fsp3) is 0.333. The minimum atomic E-state index is -0.424. The molecule has 18 heavy (non-hydrogen) atoms. The van der Waals surface area contributed by atoms with Crippen LogP contribution in [0.4, 0.5) is 4.39 Å². The van der Waals surface area contributed by atoms with Gasteiger partial charge in [0, 0.05) is 29.0 Å². The van der Waals surface area contributed by atoms with Crippen LogP contribution < -0.4 is 5.73 Å². The second-order valence-corrected chi connectivity index (χ2v) is 4.88. The Hall–Kier alpha value is -1.27. The molecule has 2 rings (SSSR count). The molecule has 0 fully saturated rings. The maximum Gasteiger partial charge on any atom is 0.138 e. The van der Waals surface area contributed by atoms with E-state index in [-0.39, 0.29) is 5.82 Å². The Balaban J connectivity index is 2.19. The van der Waals surface area contributed by atoms with Crippen LogP contribution in [0.25, 0.3) is 0 Å². The zero-order chi connectivity index (χ0) is 13.1. The second-order valence-electron chi connectivity index (χ2n) is 3.97. The van der Waals surface area contributed by atoms with Crippen LogP contribution in [0.3, 0.4) is 0 Å². The summed E-state index contributed by atoms with van der Waals surface area (Å²) in [6.07, 6.45) is 1.95. The summed E-state index contributed by atoms with van der Waals surface area (Å²) in [7, 11) is 0. The fourth-order valence-electron chi connectivity index (χ4n) is 1.82. The summed E-state index contributed by atoms with van der Waals surface area (Å²) in [6, 6.07) is 4.46. The van der Waals surface area contributed by atoms with Gasteiger partial charge in [0.05, 0.1) is 0 Å². The van der Waals surface area contributed by atoms with Gasteiger partial charge >= 0.3 is 0 Å². The highest BCUT2D eigenvalue weighted by atomic mass is 79.9. The van der Waals surface area contributed by atoms with Gasteiger partial charge in [-0.3, -0.25) is 4.68 Å². The first-order valence-electron chi connectivity index (χ1n) is 5.69. The van der Waals surface area contributed by atoms with Crippen molar-refractivity contribution >= 4 is 15.9 Å². The minimum Gasteiger partial charge on any atom is -0.323 e. The molecule has 0 bridgehead atoms. The first kappa shape index (κ1) is 13.2. The number of nitrogens with zero attached hydrogens (tertiary/aromatic N) is 3. The highest BCUT2D eigenvalue weighted by molar-refractivity contribution is 9.10. The molecule has 1 atom stereocenters. The molecule has 4 nitrogen and oxygen atoms in total. The van der Waals surface area contributed by atoms with Gasteiger partial charge in [0.2, 0.25) is 0 Å². The predicted octanol–water partition coefficient (Wildman–Crippen LogP) is 2.44. The standard InChI is InChI=1S/C12H14BrFN4/c1-2-18-12(16-7-17-18)6-11(15)9-4-3-8(13)5-10(9)14/h3-5,7,11H,2,6,15H2,1H3. The van der Waals surface area contributed by atoms with Gasteiger partial charge in [0.25, 0.3) is 0 Å². The summed E-state index contributed by atoms with van der Waals surface area (Å²) in [4.78, 5) is 4.14. The smallest absolute Gasteiger partial charge is 0.138 e. The zero-order valence-electron chi connectivity index (χ0n) is 9.98. The first-order valence-corrected chi connectivity index (χ1v) is 6.48. The lowest BCUT2D eigenvalue weighted by Gasteiger charge is -2.13. The molecule has 0 spiro atoms. The zero-order valence-corrected chi connectivity index (χ0v) is 11.6. The molecule has 2 N–H and O–H groups in total. The molecule has 2 aromatic rings. The molecule has 0 saturated heterocycles. The van der Waals surface area contributed by atoms with Crippen LogP contribution in [0.15, 0.2) is 29.0 Å². The molecule has 0 aliphatic carbocycles. The minimum absolute atomic E-state index is 0.306. The normalized spacial score (nSPS) is 12.7. The van der Waals surface area contributed by atoms with Crippen LogP contribution >= 0.6 is 15.9 Å². The van der Waals surface area contributed by atoms with E-state index in [4.69, 9.17) is 5.73 Å². The summed E-state index contributed by atoms with van der Waals surface area (Å²) < 4.78 is 16.2. The van der Waals surface area contributed by atoms with Crippen LogP contribution in [-0.4, -0.2) is 14.8 Å². The molecule has 0 amide bonds. The van der Waals surface area contributed by atoms with Gasteiger partial charge in [-0.25, -0.2) is 9.37 Å². The summed E-state index contributed by atoms with van der Waals surface area (Å²) >= 11 is 3.22. The van der Waals surface area contributed by atoms with Crippen LogP contribution in [0.5, 0.6) is 0 Å². The molecular formula is C12H14BrFN4. The largest absolute Gasteiger partial charge is 0.323 e. The Bertz CT molecular complexity index is 541. The highest BCUT2D eigenvalue weighted by Gasteiger charge is 2.15. The van der Waals surface area contributed by atoms with E-state index < -0.39 is 6.04 Å². The van der Waals surface area contributed by atoms with Crippen molar-refractivity contribution in [1.29, 1.82) is 0 Å². The second kappa shape index (κ2) is 5.58. The lowest BCUT2D eigenvalue weighted by Crippen LogP contribution is -2.18. The van der Waals surface area contributed by atoms with Crippen molar-refractivity contribution in [3.05, 3.63) is 46.2 Å². The van der Waals surface area contributed by atoms with Crippen LogP contribution in [0.2, 0.25) is 0 Å². The summed E-state index contributed by atoms with van der Waals surface area (Å²) in [5.74, 6) is 0.465. The molecule has 1 heterocycles. The molecule has 0 saturated carbocycles. The Morgan fingerprint density at radius 1 is 1.50 bits per heavy atom. The Kier molecular flexibility index (Phi) is 4.08. The summed E-state index contributed by atoms with van der Waals surface area (Å²) in [5, 5.41) is 4.07. The highest BCUT2D eigenvalue weighted by Crippen LogP contribution is 2.21. The third kappa shape index (κ3) is 2.76. The van der Waals surface area contributed by atoms with Crippen molar-refractivity contribution in [2.75, 3.05) is 0 Å². The Morgan fingerprint density at radius 3 is 2.94 bits per heavy atom. The molecule has 0 radical (unpaired) electrons. The van der Waals surface area contributed by atoms with Gasteiger partial charge < -0.3 is 5.73 Å². The van der Waals surface area contributed by atoms with Crippen molar-refractivity contribution in [2.24, 2.45) is 5.73 Å². The maximum atomic E-state index is 13.8. The lowest BCUT2D eigenvalue weighted by atomic mass is 10.0. The number of nitrogens with two attached hydrogens (primary N) is 1. The molecule has 0 aliphatic heterocycles. The van der Waals surface area contributed by atoms with E-state index in [0.29, 0.717) is 16.5 Å². The fourth-order valence-corrected chi connectivity index (χ4v) is 2.15. The molecule has 1 unspecified atom stereocenters. The van der Waals surface area contributed by atoms with Crippen LogP contribution in [0, 0.1) is 5.82 Å². The molecule has 6 heteroatoms. The van der Waals surface area contributed by atoms with Gasteiger partial charge in [0.1, 0.15) is 18.0 Å². The molecule has 1 aromatic carbocycles. The third-order valence-corrected chi connectivity index (χ3v) is 3.25. The third-order valence-electron chi connectivity index (χ3n) is 2.76. The van der Waals surface area contributed by atoms with Crippen molar-refractivity contribution < 1.29 is 4.39 Å². The Morgan fingerprint density at radius 2 is 2.28 bits per heavy atom. The van der Waals surface area contributed by atoms with E-state index in [0.717, 1.165) is 12.4 Å². The van der Waals surface area contributed by atoms with Gasteiger partial charge in [-0.1, -0.05) is 22.0 Å². The quantitative estimate of drug-likeness (QED) is 0.943. The van der Waals surface area contributed by atoms with Crippen molar-refractivity contribution in [3.63, 3.8) is 0 Å². The molecule has 1 aromatic heterocycles. The summed E-state index contributed by atoms with van der Waals surface area (Å²) in [5.41, 5.74) is 6.51. The topological polar surface area (TPSA) is 56.7 Å². The average Bonchev–Trinajstić information content (AvgIpc) is 2.76. The van der Waals surface area contributed by atoms with E-state index in [1.54, 1.807) is 16.8 Å². The SMILES string of the molecule is CCn1ncnc1CC(N)c1ccc(Br)cc1F. The Labute approximate surface area is 113 Å². The number of hydrogen-bond acceptors (Lipinski definition) is 3. The number of rotatable bonds is 4. The van der Waals surface area contributed by atoms with E-state index in [2.05, 4.69) is 26.0 Å². The molecule has 96 valence electrons. The van der Waals surface area contributed by atoms with Crippen molar-refractivity contribution in [2.45, 2.75) is 25.9 Å². The molecule has 0 aliphatic rings. The van der Waals surface area contributed by atoms with Crippen LogP contribution in [0.1, 0.15) is 24.4 Å². The van der Waals surface area contributed by atoms with Crippen molar-refractivity contribution in [1.82, 2.24) is 14.8 Å². The van der Waals surface area contributed by atoms with Gasteiger partial charge in [-0.2, -0.15) is 5.10 Å².